The normalized spacial score (nSPS) is 23.5. The van der Waals surface area contributed by atoms with Crippen LogP contribution in [0.25, 0.3) is 0 Å². The van der Waals surface area contributed by atoms with Crippen LogP contribution in [0.1, 0.15) is 17.0 Å². The maximum atomic E-state index is 13.0. The van der Waals surface area contributed by atoms with Crippen molar-refractivity contribution in [2.45, 2.75) is 23.0 Å². The maximum absolute atomic E-state index is 13.0. The fraction of sp³-hybridized carbons (Fsp3) is 0.235. The molecule has 3 rings (SSSR count). The van der Waals surface area contributed by atoms with Crippen molar-refractivity contribution >= 4 is 15.8 Å². The highest BCUT2D eigenvalue weighted by Crippen LogP contribution is 2.54. The van der Waals surface area contributed by atoms with Crippen molar-refractivity contribution in [3.05, 3.63) is 65.5 Å². The quantitative estimate of drug-likeness (QED) is 0.933. The predicted octanol–water partition coefficient (Wildman–Crippen LogP) is 2.77. The van der Waals surface area contributed by atoms with Crippen LogP contribution in [-0.2, 0) is 14.6 Å². The number of aliphatic carboxylic acids is 1. The van der Waals surface area contributed by atoms with Gasteiger partial charge in [-0.15, -0.1) is 0 Å². The van der Waals surface area contributed by atoms with E-state index in [9.17, 15) is 22.7 Å². The number of carboxylic acids is 1. The first-order valence-electron chi connectivity index (χ1n) is 7.11. The Kier molecular flexibility index (Phi) is 3.72. The summed E-state index contributed by atoms with van der Waals surface area (Å²) in [6.45, 7) is 1.84. The first kappa shape index (κ1) is 15.7. The van der Waals surface area contributed by atoms with E-state index in [0.29, 0.717) is 5.56 Å². The minimum atomic E-state index is -3.76. The summed E-state index contributed by atoms with van der Waals surface area (Å²) in [5.41, 5.74) is 1.45. The van der Waals surface area contributed by atoms with Crippen LogP contribution in [0.3, 0.4) is 0 Å². The first-order valence-corrected chi connectivity index (χ1v) is 8.66. The smallest absolute Gasteiger partial charge is 0.308 e. The van der Waals surface area contributed by atoms with Gasteiger partial charge in [-0.25, -0.2) is 12.8 Å². The lowest BCUT2D eigenvalue weighted by atomic mass is 10.1. The molecular formula is C17H15FO4S. The Hall–Kier alpha value is -2.21. The Labute approximate surface area is 133 Å². The van der Waals surface area contributed by atoms with E-state index < -0.39 is 38.7 Å². The number of hydrogen-bond donors (Lipinski definition) is 1. The highest BCUT2D eigenvalue weighted by Gasteiger charge is 2.63. The summed E-state index contributed by atoms with van der Waals surface area (Å²) in [6.07, 6.45) is 0. The molecule has 0 radical (unpaired) electrons. The van der Waals surface area contributed by atoms with Crippen LogP contribution in [-0.4, -0.2) is 24.7 Å². The first-order chi connectivity index (χ1) is 10.8. The Morgan fingerprint density at radius 2 is 1.61 bits per heavy atom. The van der Waals surface area contributed by atoms with Crippen LogP contribution in [0.4, 0.5) is 4.39 Å². The van der Waals surface area contributed by atoms with Gasteiger partial charge < -0.3 is 5.11 Å². The molecule has 0 saturated heterocycles. The van der Waals surface area contributed by atoms with Crippen LogP contribution < -0.4 is 0 Å². The molecule has 1 N–H and O–H groups in total. The molecule has 6 heteroatoms. The van der Waals surface area contributed by atoms with E-state index in [-0.39, 0.29) is 4.90 Å². The molecule has 120 valence electrons. The average Bonchev–Trinajstić information content (AvgIpc) is 3.25. The molecule has 23 heavy (non-hydrogen) atoms. The summed E-state index contributed by atoms with van der Waals surface area (Å²) < 4.78 is 38.5. The molecule has 0 bridgehead atoms. The second-order valence-electron chi connectivity index (χ2n) is 5.76. The van der Waals surface area contributed by atoms with Gasteiger partial charge in [-0.1, -0.05) is 29.8 Å². The highest BCUT2D eigenvalue weighted by molar-refractivity contribution is 7.92. The van der Waals surface area contributed by atoms with Gasteiger partial charge in [0.05, 0.1) is 16.1 Å². The van der Waals surface area contributed by atoms with Crippen LogP contribution in [0.15, 0.2) is 53.4 Å². The minimum absolute atomic E-state index is 0.115. The van der Waals surface area contributed by atoms with E-state index in [0.717, 1.165) is 5.56 Å². The van der Waals surface area contributed by atoms with Crippen molar-refractivity contribution in [1.29, 1.82) is 0 Å². The van der Waals surface area contributed by atoms with Gasteiger partial charge in [-0.05, 0) is 36.8 Å². The Morgan fingerprint density at radius 1 is 1.04 bits per heavy atom. The van der Waals surface area contributed by atoms with Crippen molar-refractivity contribution in [1.82, 2.24) is 0 Å². The van der Waals surface area contributed by atoms with Gasteiger partial charge in [-0.2, -0.15) is 0 Å². The molecule has 0 aliphatic heterocycles. The zero-order valence-electron chi connectivity index (χ0n) is 12.3. The van der Waals surface area contributed by atoms with Gasteiger partial charge in [0.2, 0.25) is 0 Å². The second-order valence-corrected chi connectivity index (χ2v) is 7.87. The van der Waals surface area contributed by atoms with E-state index >= 15 is 0 Å². The third-order valence-corrected chi connectivity index (χ3v) is 6.43. The van der Waals surface area contributed by atoms with E-state index in [1.807, 2.05) is 6.92 Å². The summed E-state index contributed by atoms with van der Waals surface area (Å²) in [5, 5.41) is 8.31. The molecule has 4 nitrogen and oxygen atoms in total. The molecule has 0 heterocycles. The van der Waals surface area contributed by atoms with Gasteiger partial charge in [0, 0.05) is 5.92 Å². The largest absolute Gasteiger partial charge is 0.481 e. The fourth-order valence-corrected chi connectivity index (χ4v) is 5.05. The summed E-state index contributed by atoms with van der Waals surface area (Å²) in [6, 6.07) is 11.6. The molecule has 2 aromatic carbocycles. The zero-order chi connectivity index (χ0) is 16.8. The number of carbonyl (C=O) groups is 1. The van der Waals surface area contributed by atoms with Gasteiger partial charge in [-0.3, -0.25) is 4.79 Å². The SMILES string of the molecule is Cc1ccc(S(=O)(=O)[C@@H]2[C@H](C(=O)O)[C@H]2c2ccc(F)cc2)cc1. The van der Waals surface area contributed by atoms with Crippen molar-refractivity contribution in [2.24, 2.45) is 5.92 Å². The Bertz CT molecular complexity index is 841. The number of halogens is 1. The Balaban J connectivity index is 1.98. The molecule has 1 aliphatic rings. The molecule has 0 aromatic heterocycles. The number of sulfone groups is 1. The highest BCUT2D eigenvalue weighted by atomic mass is 32.2. The van der Waals surface area contributed by atoms with Crippen molar-refractivity contribution < 1.29 is 22.7 Å². The number of aryl methyl sites for hydroxylation is 1. The molecule has 0 amide bonds. The molecule has 1 saturated carbocycles. The fourth-order valence-electron chi connectivity index (χ4n) is 2.93. The van der Waals surface area contributed by atoms with Crippen LogP contribution in [0.5, 0.6) is 0 Å². The van der Waals surface area contributed by atoms with Gasteiger partial charge >= 0.3 is 5.97 Å². The topological polar surface area (TPSA) is 71.4 Å². The summed E-state index contributed by atoms with van der Waals surface area (Å²) in [7, 11) is -3.76. The summed E-state index contributed by atoms with van der Waals surface area (Å²) >= 11 is 0. The van der Waals surface area contributed by atoms with Crippen molar-refractivity contribution in [2.75, 3.05) is 0 Å². The maximum Gasteiger partial charge on any atom is 0.308 e. The van der Waals surface area contributed by atoms with Crippen molar-refractivity contribution in [3.8, 4) is 0 Å². The lowest BCUT2D eigenvalue weighted by Gasteiger charge is -2.04. The summed E-state index contributed by atoms with van der Waals surface area (Å²) in [4.78, 5) is 11.5. The molecule has 1 aliphatic carbocycles. The standard InChI is InChI=1S/C17H15FO4S/c1-10-2-8-13(9-3-10)23(21,22)16-14(15(16)17(19)20)11-4-6-12(18)7-5-11/h2-9,14-16H,1H3,(H,19,20)/t14-,15-,16+/m1/s1. The van der Waals surface area contributed by atoms with E-state index in [1.165, 1.54) is 36.4 Å². The van der Waals surface area contributed by atoms with Gasteiger partial charge in [0.25, 0.3) is 0 Å². The number of rotatable bonds is 4. The van der Waals surface area contributed by atoms with Crippen LogP contribution >= 0.6 is 0 Å². The van der Waals surface area contributed by atoms with E-state index in [2.05, 4.69) is 0 Å². The lowest BCUT2D eigenvalue weighted by molar-refractivity contribution is -0.138. The molecule has 1 fully saturated rings. The van der Waals surface area contributed by atoms with E-state index in [4.69, 9.17) is 0 Å². The third-order valence-electron chi connectivity index (χ3n) is 4.20. The molecule has 0 unspecified atom stereocenters. The Morgan fingerprint density at radius 3 is 2.13 bits per heavy atom. The number of hydrogen-bond acceptors (Lipinski definition) is 3. The van der Waals surface area contributed by atoms with Gasteiger partial charge in [0.15, 0.2) is 9.84 Å². The van der Waals surface area contributed by atoms with E-state index in [1.54, 1.807) is 12.1 Å². The van der Waals surface area contributed by atoms with Crippen LogP contribution in [0.2, 0.25) is 0 Å². The second kappa shape index (κ2) is 5.45. The predicted molar refractivity (Wildman–Crippen MR) is 82.4 cm³/mol. The zero-order valence-corrected chi connectivity index (χ0v) is 13.1. The minimum Gasteiger partial charge on any atom is -0.481 e. The van der Waals surface area contributed by atoms with Gasteiger partial charge in [0.1, 0.15) is 5.82 Å². The molecule has 3 atom stereocenters. The van der Waals surface area contributed by atoms with Crippen LogP contribution in [0, 0.1) is 18.7 Å². The monoisotopic (exact) mass is 334 g/mol. The van der Waals surface area contributed by atoms with Crippen molar-refractivity contribution in [3.63, 3.8) is 0 Å². The number of benzene rings is 2. The lowest BCUT2D eigenvalue weighted by Crippen LogP contribution is -2.13. The third kappa shape index (κ3) is 2.74. The summed E-state index contributed by atoms with van der Waals surface area (Å²) in [5.74, 6) is -3.26. The average molecular weight is 334 g/mol. The molecular weight excluding hydrogens is 319 g/mol. The molecule has 2 aromatic rings. The molecule has 0 spiro atoms. The number of carboxylic acid groups (broad SMARTS) is 1.